The van der Waals surface area contributed by atoms with Gasteiger partial charge in [-0.05, 0) is 30.5 Å². The topological polar surface area (TPSA) is 66.6 Å². The molecule has 19 heavy (non-hydrogen) atoms. The molecule has 0 unspecified atom stereocenters. The van der Waals surface area contributed by atoms with Crippen LogP contribution in [0, 0.1) is 0 Å². The van der Waals surface area contributed by atoms with E-state index < -0.39 is 6.10 Å². The van der Waals surface area contributed by atoms with Crippen LogP contribution in [-0.4, -0.2) is 24.1 Å². The van der Waals surface area contributed by atoms with Crippen molar-refractivity contribution >= 4 is 11.6 Å². The molecule has 1 rings (SSSR count). The van der Waals surface area contributed by atoms with E-state index in [-0.39, 0.29) is 12.5 Å². The first-order valence-electron chi connectivity index (χ1n) is 6.89. The summed E-state index contributed by atoms with van der Waals surface area (Å²) in [5.74, 6) is -0.325. The van der Waals surface area contributed by atoms with Crippen molar-refractivity contribution in [3.63, 3.8) is 0 Å². The molecule has 1 aromatic carbocycles. The third-order valence-electron chi connectivity index (χ3n) is 3.16. The van der Waals surface area contributed by atoms with Gasteiger partial charge in [-0.2, -0.15) is 0 Å². The summed E-state index contributed by atoms with van der Waals surface area (Å²) in [5.41, 5.74) is 7.16. The lowest BCUT2D eigenvalue weighted by Gasteiger charge is -2.23. The fourth-order valence-electron chi connectivity index (χ4n) is 1.98. The third-order valence-corrected chi connectivity index (χ3v) is 3.16. The quantitative estimate of drug-likeness (QED) is 0.756. The van der Waals surface area contributed by atoms with Crippen LogP contribution in [0.25, 0.3) is 0 Å². The van der Waals surface area contributed by atoms with Crippen LogP contribution in [0.15, 0.2) is 24.3 Å². The molecule has 0 saturated carbocycles. The first-order chi connectivity index (χ1) is 9.08. The second kappa shape index (κ2) is 7.79. The van der Waals surface area contributed by atoms with E-state index in [1.807, 2.05) is 36.1 Å². The number of carbonyl (C=O) groups is 1. The van der Waals surface area contributed by atoms with Gasteiger partial charge in [-0.25, -0.2) is 0 Å². The summed E-state index contributed by atoms with van der Waals surface area (Å²) in [4.78, 5) is 13.1. The minimum Gasteiger partial charge on any atom is -0.388 e. The molecule has 1 atom stereocenters. The average molecular weight is 264 g/mol. The lowest BCUT2D eigenvalue weighted by atomic mass is 10.1. The molecule has 0 aliphatic carbocycles. The van der Waals surface area contributed by atoms with Gasteiger partial charge in [0.25, 0.3) is 0 Å². The number of amides is 1. The van der Waals surface area contributed by atoms with Gasteiger partial charge in [0, 0.05) is 12.2 Å². The number of carbonyl (C=O) groups excluding carboxylic acids is 1. The monoisotopic (exact) mass is 264 g/mol. The number of rotatable bonds is 8. The zero-order chi connectivity index (χ0) is 14.3. The molecule has 0 spiro atoms. The van der Waals surface area contributed by atoms with Crippen LogP contribution in [0.1, 0.15) is 44.8 Å². The second-order valence-electron chi connectivity index (χ2n) is 4.76. The summed E-state index contributed by atoms with van der Waals surface area (Å²) in [6.45, 7) is 5.10. The van der Waals surface area contributed by atoms with Crippen LogP contribution in [0.2, 0.25) is 0 Å². The fourth-order valence-corrected chi connectivity index (χ4v) is 1.98. The van der Waals surface area contributed by atoms with Crippen molar-refractivity contribution in [3.8, 4) is 0 Å². The standard InChI is InChI=1S/C15H24N2O2/c1-3-5-10-17(11-15(16)19)13-8-6-12(7-9-13)14(18)4-2/h6-9,14,18H,3-5,10-11H2,1-2H3,(H2,16,19)/t14-/m1/s1. The van der Waals surface area contributed by atoms with E-state index in [1.165, 1.54) is 0 Å². The van der Waals surface area contributed by atoms with Gasteiger partial charge in [0.2, 0.25) is 5.91 Å². The van der Waals surface area contributed by atoms with Gasteiger partial charge in [0.1, 0.15) is 0 Å². The maximum Gasteiger partial charge on any atom is 0.236 e. The number of nitrogens with zero attached hydrogens (tertiary/aromatic N) is 1. The Bertz CT molecular complexity index is 390. The lowest BCUT2D eigenvalue weighted by molar-refractivity contribution is -0.116. The molecule has 1 aromatic rings. The third kappa shape index (κ3) is 4.91. The molecule has 0 heterocycles. The van der Waals surface area contributed by atoms with Gasteiger partial charge >= 0.3 is 0 Å². The molecule has 1 amide bonds. The molecular formula is C15H24N2O2. The Hall–Kier alpha value is -1.55. The highest BCUT2D eigenvalue weighted by atomic mass is 16.3. The van der Waals surface area contributed by atoms with Crippen LogP contribution < -0.4 is 10.6 Å². The van der Waals surface area contributed by atoms with Gasteiger partial charge in [0.05, 0.1) is 12.6 Å². The Morgan fingerprint density at radius 3 is 2.42 bits per heavy atom. The van der Waals surface area contributed by atoms with Gasteiger partial charge < -0.3 is 15.7 Å². The first kappa shape index (κ1) is 15.5. The Kier molecular flexibility index (Phi) is 6.36. The Morgan fingerprint density at radius 2 is 1.95 bits per heavy atom. The Morgan fingerprint density at radius 1 is 1.32 bits per heavy atom. The molecule has 0 aliphatic rings. The van der Waals surface area contributed by atoms with E-state index in [2.05, 4.69) is 6.92 Å². The van der Waals surface area contributed by atoms with Gasteiger partial charge in [-0.1, -0.05) is 32.4 Å². The summed E-state index contributed by atoms with van der Waals surface area (Å²) in [6.07, 6.45) is 2.36. The van der Waals surface area contributed by atoms with Gasteiger partial charge in [-0.15, -0.1) is 0 Å². The second-order valence-corrected chi connectivity index (χ2v) is 4.76. The number of unbranched alkanes of at least 4 members (excludes halogenated alkanes) is 1. The summed E-state index contributed by atoms with van der Waals surface area (Å²) < 4.78 is 0. The number of hydrogen-bond donors (Lipinski definition) is 2. The van der Waals surface area contributed by atoms with E-state index in [0.717, 1.165) is 30.6 Å². The minimum absolute atomic E-state index is 0.232. The number of aliphatic hydroxyl groups excluding tert-OH is 1. The van der Waals surface area contributed by atoms with Crippen molar-refractivity contribution < 1.29 is 9.90 Å². The zero-order valence-corrected chi connectivity index (χ0v) is 11.8. The van der Waals surface area contributed by atoms with Crippen molar-refractivity contribution in [1.82, 2.24) is 0 Å². The van der Waals surface area contributed by atoms with Gasteiger partial charge in [-0.3, -0.25) is 4.79 Å². The maximum absolute atomic E-state index is 11.1. The highest BCUT2D eigenvalue weighted by molar-refractivity contribution is 5.79. The molecule has 4 nitrogen and oxygen atoms in total. The Labute approximate surface area is 115 Å². The fraction of sp³-hybridized carbons (Fsp3) is 0.533. The predicted molar refractivity (Wildman–Crippen MR) is 78.0 cm³/mol. The average Bonchev–Trinajstić information content (AvgIpc) is 2.42. The predicted octanol–water partition coefficient (Wildman–Crippen LogP) is 2.22. The van der Waals surface area contributed by atoms with E-state index in [9.17, 15) is 9.90 Å². The van der Waals surface area contributed by atoms with E-state index in [4.69, 9.17) is 5.73 Å². The molecule has 0 radical (unpaired) electrons. The molecule has 0 saturated heterocycles. The smallest absolute Gasteiger partial charge is 0.236 e. The normalized spacial score (nSPS) is 12.2. The first-order valence-corrected chi connectivity index (χ1v) is 6.89. The summed E-state index contributed by atoms with van der Waals surface area (Å²) in [5, 5.41) is 9.76. The number of aliphatic hydroxyl groups is 1. The molecule has 0 bridgehead atoms. The maximum atomic E-state index is 11.1. The summed E-state index contributed by atoms with van der Waals surface area (Å²) in [7, 11) is 0. The van der Waals surface area contributed by atoms with Crippen LogP contribution in [0.3, 0.4) is 0 Å². The number of primary amides is 1. The van der Waals surface area contributed by atoms with E-state index in [0.29, 0.717) is 6.42 Å². The Balaban J connectivity index is 2.80. The van der Waals surface area contributed by atoms with Crippen molar-refractivity contribution in [2.24, 2.45) is 5.73 Å². The van der Waals surface area contributed by atoms with Crippen LogP contribution in [0.4, 0.5) is 5.69 Å². The van der Waals surface area contributed by atoms with E-state index >= 15 is 0 Å². The SMILES string of the molecule is CCCCN(CC(N)=O)c1ccc([C@H](O)CC)cc1. The molecule has 0 aliphatic heterocycles. The minimum atomic E-state index is -0.422. The lowest BCUT2D eigenvalue weighted by Crippen LogP contribution is -2.34. The molecule has 106 valence electrons. The van der Waals surface area contributed by atoms with Gasteiger partial charge in [0.15, 0.2) is 0 Å². The zero-order valence-electron chi connectivity index (χ0n) is 11.8. The molecule has 4 heteroatoms. The van der Waals surface area contributed by atoms with Crippen molar-refractivity contribution in [1.29, 1.82) is 0 Å². The highest BCUT2D eigenvalue weighted by Gasteiger charge is 2.10. The largest absolute Gasteiger partial charge is 0.388 e. The summed E-state index contributed by atoms with van der Waals surface area (Å²) in [6, 6.07) is 7.69. The number of nitrogens with two attached hydrogens (primary N) is 1. The van der Waals surface area contributed by atoms with Crippen LogP contribution in [-0.2, 0) is 4.79 Å². The van der Waals surface area contributed by atoms with E-state index in [1.54, 1.807) is 0 Å². The van der Waals surface area contributed by atoms with Crippen molar-refractivity contribution in [2.45, 2.75) is 39.2 Å². The molecule has 0 aromatic heterocycles. The van der Waals surface area contributed by atoms with Crippen LogP contribution in [0.5, 0.6) is 0 Å². The highest BCUT2D eigenvalue weighted by Crippen LogP contribution is 2.21. The molecule has 3 N–H and O–H groups in total. The number of hydrogen-bond acceptors (Lipinski definition) is 3. The number of benzene rings is 1. The summed E-state index contributed by atoms with van der Waals surface area (Å²) >= 11 is 0. The molecular weight excluding hydrogens is 240 g/mol. The van der Waals surface area contributed by atoms with Crippen LogP contribution >= 0.6 is 0 Å². The van der Waals surface area contributed by atoms with Crippen molar-refractivity contribution in [2.75, 3.05) is 18.0 Å². The molecule has 0 fully saturated rings. The van der Waals surface area contributed by atoms with Crippen molar-refractivity contribution in [3.05, 3.63) is 29.8 Å². The number of anilines is 1.